The van der Waals surface area contributed by atoms with E-state index in [4.69, 9.17) is 9.47 Å². The molecule has 0 aromatic heterocycles. The van der Waals surface area contributed by atoms with E-state index in [2.05, 4.69) is 55.6 Å². The minimum Gasteiger partial charge on any atom is -0.394 e. The van der Waals surface area contributed by atoms with Gasteiger partial charge in [0, 0.05) is 0 Å². The summed E-state index contributed by atoms with van der Waals surface area (Å²) in [7, 11) is 0. The fraction of sp³-hybridized carbons (Fsp3) is 0.875. The van der Waals surface area contributed by atoms with Crippen LogP contribution in [0.5, 0.6) is 0 Å². The lowest BCUT2D eigenvalue weighted by molar-refractivity contribution is -0.303. The summed E-state index contributed by atoms with van der Waals surface area (Å²) in [4.78, 5) is 13.2. The number of hydrogen-bond acceptors (Lipinski definition) is 10. The third-order valence-electron chi connectivity index (χ3n) is 13.4. The molecule has 67 heavy (non-hydrogen) atoms. The lowest BCUT2D eigenvalue weighted by Gasteiger charge is -2.40. The number of ether oxygens (including phenoxy) is 2. The Hall–Kier alpha value is -1.67. The Labute approximate surface area is 409 Å². The molecule has 1 fully saturated rings. The molecular weight excluding hydrogens is 847 g/mol. The fourth-order valence-corrected chi connectivity index (χ4v) is 8.83. The van der Waals surface area contributed by atoms with Crippen molar-refractivity contribution in [1.82, 2.24) is 5.32 Å². The Morgan fingerprint density at radius 2 is 0.896 bits per heavy atom. The van der Waals surface area contributed by atoms with E-state index in [0.717, 1.165) is 44.9 Å². The first-order valence-electron chi connectivity index (χ1n) is 27.9. The normalized spacial score (nSPS) is 20.9. The zero-order valence-corrected chi connectivity index (χ0v) is 42.9. The van der Waals surface area contributed by atoms with Crippen molar-refractivity contribution in [3.05, 3.63) is 36.5 Å². The summed E-state index contributed by atoms with van der Waals surface area (Å²) in [6.07, 6.45) is 43.4. The molecule has 0 aliphatic carbocycles. The number of rotatable bonds is 47. The van der Waals surface area contributed by atoms with Crippen molar-refractivity contribution in [3.63, 3.8) is 0 Å². The third kappa shape index (κ3) is 34.3. The van der Waals surface area contributed by atoms with E-state index in [1.165, 1.54) is 154 Å². The molecule has 1 heterocycles. The van der Waals surface area contributed by atoms with Gasteiger partial charge in [-0.05, 0) is 64.2 Å². The molecule has 9 atom stereocenters. The topological polar surface area (TPSA) is 189 Å². The maximum Gasteiger partial charge on any atom is 0.249 e. The Kier molecular flexibility index (Phi) is 43.0. The molecule has 1 saturated heterocycles. The molecule has 1 rings (SSSR count). The molecule has 0 saturated carbocycles. The molecule has 0 aromatic carbocycles. The second kappa shape index (κ2) is 45.5. The first-order valence-corrected chi connectivity index (χ1v) is 27.9. The molecule has 9 unspecified atom stereocenters. The molecule has 11 heteroatoms. The largest absolute Gasteiger partial charge is 0.394 e. The maximum absolute atomic E-state index is 13.2. The zero-order chi connectivity index (χ0) is 49.0. The molecule has 8 N–H and O–H groups in total. The number of aliphatic hydroxyl groups is 7. The second-order valence-electron chi connectivity index (χ2n) is 19.6. The first kappa shape index (κ1) is 63.3. The number of nitrogens with one attached hydrogen (secondary N) is 1. The summed E-state index contributed by atoms with van der Waals surface area (Å²) >= 11 is 0. The molecule has 1 aliphatic heterocycles. The van der Waals surface area contributed by atoms with Crippen LogP contribution >= 0.6 is 0 Å². The van der Waals surface area contributed by atoms with Crippen molar-refractivity contribution in [1.29, 1.82) is 0 Å². The third-order valence-corrected chi connectivity index (χ3v) is 13.4. The van der Waals surface area contributed by atoms with Crippen LogP contribution in [-0.2, 0) is 14.3 Å². The smallest absolute Gasteiger partial charge is 0.249 e. The van der Waals surface area contributed by atoms with Gasteiger partial charge in [-0.25, -0.2) is 0 Å². The number of allylic oxidation sites excluding steroid dienone is 6. The SMILES string of the molecule is CCCCC/C=C/CC/C=C/CC/C=C/CCCC(O)C(O)C(COC1OC(CO)C(O)C(O)C1O)NC(=O)C(O)CCCCCCCCCCCCCCCCCCCCCCCCCC. The highest BCUT2D eigenvalue weighted by molar-refractivity contribution is 5.80. The molecule has 0 bridgehead atoms. The average Bonchev–Trinajstić information content (AvgIpc) is 3.33. The summed E-state index contributed by atoms with van der Waals surface area (Å²) in [6.45, 7) is 3.42. The molecule has 11 nitrogen and oxygen atoms in total. The van der Waals surface area contributed by atoms with E-state index in [0.29, 0.717) is 19.3 Å². The van der Waals surface area contributed by atoms with Crippen molar-refractivity contribution in [2.75, 3.05) is 13.2 Å². The molecular formula is C56H105NO10. The van der Waals surface area contributed by atoms with Crippen LogP contribution < -0.4 is 5.32 Å². The minimum absolute atomic E-state index is 0.242. The van der Waals surface area contributed by atoms with Crippen molar-refractivity contribution in [2.24, 2.45) is 0 Å². The summed E-state index contributed by atoms with van der Waals surface area (Å²) in [6, 6.07) is -1.19. The summed E-state index contributed by atoms with van der Waals surface area (Å²) in [5, 5.41) is 76.0. The van der Waals surface area contributed by atoms with Gasteiger partial charge in [0.2, 0.25) is 5.91 Å². The minimum atomic E-state index is -1.67. The van der Waals surface area contributed by atoms with E-state index >= 15 is 0 Å². The van der Waals surface area contributed by atoms with Gasteiger partial charge < -0.3 is 50.5 Å². The molecule has 1 amide bonds. The van der Waals surface area contributed by atoms with E-state index in [9.17, 15) is 40.5 Å². The van der Waals surface area contributed by atoms with Crippen LogP contribution in [0.3, 0.4) is 0 Å². The Balaban J connectivity index is 2.33. The van der Waals surface area contributed by atoms with Crippen LogP contribution in [0.1, 0.15) is 245 Å². The summed E-state index contributed by atoms with van der Waals surface area (Å²) in [5.74, 6) is -0.710. The van der Waals surface area contributed by atoms with Gasteiger partial charge in [0.25, 0.3) is 0 Å². The number of amides is 1. The van der Waals surface area contributed by atoms with Crippen LogP contribution in [0, 0.1) is 0 Å². The van der Waals surface area contributed by atoms with Gasteiger partial charge in [-0.15, -0.1) is 0 Å². The Morgan fingerprint density at radius 3 is 1.33 bits per heavy atom. The molecule has 394 valence electrons. The highest BCUT2D eigenvalue weighted by Gasteiger charge is 2.44. The highest BCUT2D eigenvalue weighted by atomic mass is 16.7. The zero-order valence-electron chi connectivity index (χ0n) is 42.9. The monoisotopic (exact) mass is 952 g/mol. The summed E-state index contributed by atoms with van der Waals surface area (Å²) in [5.41, 5.74) is 0. The van der Waals surface area contributed by atoms with Gasteiger partial charge in [0.1, 0.15) is 36.6 Å². The fourth-order valence-electron chi connectivity index (χ4n) is 8.83. The maximum atomic E-state index is 13.2. The lowest BCUT2D eigenvalue weighted by atomic mass is 9.98. The molecule has 0 aromatic rings. The average molecular weight is 952 g/mol. The van der Waals surface area contributed by atoms with Gasteiger partial charge in [0.15, 0.2) is 6.29 Å². The number of hydrogen-bond donors (Lipinski definition) is 8. The van der Waals surface area contributed by atoms with Gasteiger partial charge in [-0.3, -0.25) is 4.79 Å². The van der Waals surface area contributed by atoms with Crippen LogP contribution in [0.4, 0.5) is 0 Å². The predicted octanol–water partition coefficient (Wildman–Crippen LogP) is 11.1. The van der Waals surface area contributed by atoms with Crippen molar-refractivity contribution in [3.8, 4) is 0 Å². The lowest BCUT2D eigenvalue weighted by Crippen LogP contribution is -2.60. The number of aliphatic hydroxyl groups excluding tert-OH is 7. The molecule has 0 radical (unpaired) electrons. The van der Waals surface area contributed by atoms with E-state index in [1.54, 1.807) is 0 Å². The van der Waals surface area contributed by atoms with E-state index < -0.39 is 74.2 Å². The Bertz CT molecular complexity index is 1180. The quantitative estimate of drug-likeness (QED) is 0.0215. The second-order valence-corrected chi connectivity index (χ2v) is 19.6. The molecule has 0 spiro atoms. The summed E-state index contributed by atoms with van der Waals surface area (Å²) < 4.78 is 11.1. The standard InChI is InChI=1S/C56H105NO10/c1-3-5-7-9-11-13-15-17-19-21-22-23-24-25-26-27-28-30-32-34-36-38-40-42-44-49(60)55(65)57-47(46-66-56-54(64)53(63)52(62)50(45-58)67-56)51(61)48(59)43-41-39-37-35-33-31-29-20-18-16-14-12-10-8-6-4-2/h12,14,20,29,35,37,47-54,56,58-64H,3-11,13,15-19,21-28,30-34,36,38-46H2,1-2H3,(H,57,65)/b14-12+,29-20+,37-35+. The van der Waals surface area contributed by atoms with Crippen molar-refractivity contribution >= 4 is 5.91 Å². The Morgan fingerprint density at radius 1 is 0.507 bits per heavy atom. The highest BCUT2D eigenvalue weighted by Crippen LogP contribution is 2.23. The van der Waals surface area contributed by atoms with Crippen molar-refractivity contribution in [2.45, 2.75) is 300 Å². The van der Waals surface area contributed by atoms with Crippen LogP contribution in [0.15, 0.2) is 36.5 Å². The van der Waals surface area contributed by atoms with Gasteiger partial charge in [0.05, 0.1) is 25.4 Å². The van der Waals surface area contributed by atoms with E-state index in [1.807, 2.05) is 0 Å². The van der Waals surface area contributed by atoms with Crippen LogP contribution in [0.2, 0.25) is 0 Å². The van der Waals surface area contributed by atoms with E-state index in [-0.39, 0.29) is 12.8 Å². The molecule has 1 aliphatic rings. The number of unbranched alkanes of at least 4 members (excludes halogenated alkanes) is 29. The number of carbonyl (C=O) groups excluding carboxylic acids is 1. The van der Waals surface area contributed by atoms with Crippen molar-refractivity contribution < 1.29 is 50.0 Å². The van der Waals surface area contributed by atoms with Crippen LogP contribution in [-0.4, -0.2) is 110 Å². The van der Waals surface area contributed by atoms with Gasteiger partial charge in [-0.1, -0.05) is 217 Å². The first-order chi connectivity index (χ1) is 32.7. The van der Waals surface area contributed by atoms with Gasteiger partial charge >= 0.3 is 0 Å². The number of carbonyl (C=O) groups is 1. The van der Waals surface area contributed by atoms with Crippen LogP contribution in [0.25, 0.3) is 0 Å². The predicted molar refractivity (Wildman–Crippen MR) is 275 cm³/mol. The van der Waals surface area contributed by atoms with Gasteiger partial charge in [-0.2, -0.15) is 0 Å².